The van der Waals surface area contributed by atoms with Gasteiger partial charge in [0.1, 0.15) is 0 Å². The van der Waals surface area contributed by atoms with Crippen molar-refractivity contribution in [3.8, 4) is 0 Å². The van der Waals surface area contributed by atoms with Crippen LogP contribution in [0, 0.1) is 6.92 Å². The Labute approximate surface area is 155 Å². The van der Waals surface area contributed by atoms with Gasteiger partial charge in [0.15, 0.2) is 0 Å². The average Bonchev–Trinajstić information content (AvgIpc) is 2.58. The number of aromatic nitrogens is 1. The molecule has 1 heterocycles. The van der Waals surface area contributed by atoms with Crippen LogP contribution in [0.25, 0.3) is 10.9 Å². The second-order valence-electron chi connectivity index (χ2n) is 6.76. The zero-order valence-electron chi connectivity index (χ0n) is 15.4. The number of pyridine rings is 1. The van der Waals surface area contributed by atoms with Crippen LogP contribution in [0.15, 0.2) is 47.3 Å². The van der Waals surface area contributed by atoms with Crippen LogP contribution in [0.1, 0.15) is 27.8 Å². The van der Waals surface area contributed by atoms with Gasteiger partial charge in [0.05, 0.1) is 11.1 Å². The Hall–Kier alpha value is -2.60. The molecule has 3 nitrogen and oxygen atoms in total. The fraction of sp³-hybridized carbons (Fsp3) is 0.286. The molecule has 142 valence electrons. The molecule has 1 aromatic heterocycles. The summed E-state index contributed by atoms with van der Waals surface area (Å²) in [5.74, 6) is 0. The van der Waals surface area contributed by atoms with Crippen molar-refractivity contribution < 1.29 is 13.2 Å². The predicted molar refractivity (Wildman–Crippen MR) is 101 cm³/mol. The zero-order valence-corrected chi connectivity index (χ0v) is 15.4. The minimum Gasteiger partial charge on any atom is -0.316 e. The maximum Gasteiger partial charge on any atom is 0.417 e. The van der Waals surface area contributed by atoms with Crippen molar-refractivity contribution in [3.63, 3.8) is 0 Å². The molecule has 0 aliphatic carbocycles. The van der Waals surface area contributed by atoms with Gasteiger partial charge in [0.25, 0.3) is 5.56 Å². The first-order valence-electron chi connectivity index (χ1n) is 8.64. The lowest BCUT2D eigenvalue weighted by molar-refractivity contribution is -0.137. The lowest BCUT2D eigenvalue weighted by Crippen LogP contribution is -2.27. The third-order valence-electron chi connectivity index (χ3n) is 4.68. The molecule has 0 aliphatic heterocycles. The summed E-state index contributed by atoms with van der Waals surface area (Å²) in [6.07, 6.45) is -4.68. The fourth-order valence-electron chi connectivity index (χ4n) is 3.49. The van der Waals surface area contributed by atoms with E-state index < -0.39 is 17.3 Å². The van der Waals surface area contributed by atoms with Crippen LogP contribution in [0.3, 0.4) is 0 Å². The first-order valence-corrected chi connectivity index (χ1v) is 8.64. The summed E-state index contributed by atoms with van der Waals surface area (Å²) in [5.41, 5.74) is 0.969. The highest BCUT2D eigenvalue weighted by molar-refractivity contribution is 5.85. The number of halogens is 3. The van der Waals surface area contributed by atoms with Crippen molar-refractivity contribution in [1.29, 1.82) is 0 Å². The van der Waals surface area contributed by atoms with E-state index in [1.807, 2.05) is 13.0 Å². The summed E-state index contributed by atoms with van der Waals surface area (Å²) < 4.78 is 43.4. The van der Waals surface area contributed by atoms with E-state index in [2.05, 4.69) is 5.32 Å². The number of rotatable bonds is 4. The first-order chi connectivity index (χ1) is 12.7. The molecular weight excluding hydrogens is 353 g/mol. The molecule has 0 saturated carbocycles. The van der Waals surface area contributed by atoms with Gasteiger partial charge >= 0.3 is 6.18 Å². The Kier molecular flexibility index (Phi) is 5.11. The molecule has 0 radical (unpaired) electrons. The van der Waals surface area contributed by atoms with Crippen LogP contribution in [-0.2, 0) is 26.2 Å². The molecule has 0 spiro atoms. The SMILES string of the molecule is CNCc1ccc2c(c1)c(C(F)(F)F)c(Cc1cccc(C)c1)c(=O)n2C. The van der Waals surface area contributed by atoms with E-state index >= 15 is 0 Å². The lowest BCUT2D eigenvalue weighted by atomic mass is 9.95. The Balaban J connectivity index is 2.33. The normalized spacial score (nSPS) is 11.9. The molecule has 1 N–H and O–H groups in total. The topological polar surface area (TPSA) is 34.0 Å². The minimum atomic E-state index is -4.62. The van der Waals surface area contributed by atoms with Crippen LogP contribution in [0.2, 0.25) is 0 Å². The van der Waals surface area contributed by atoms with Gasteiger partial charge in [-0.25, -0.2) is 0 Å². The molecule has 27 heavy (non-hydrogen) atoms. The summed E-state index contributed by atoms with van der Waals surface area (Å²) in [4.78, 5) is 12.8. The smallest absolute Gasteiger partial charge is 0.316 e. The van der Waals surface area contributed by atoms with Gasteiger partial charge in [-0.3, -0.25) is 4.79 Å². The van der Waals surface area contributed by atoms with Gasteiger partial charge in [-0.15, -0.1) is 0 Å². The number of hydrogen-bond acceptors (Lipinski definition) is 2. The highest BCUT2D eigenvalue weighted by Gasteiger charge is 2.37. The van der Waals surface area contributed by atoms with Gasteiger partial charge < -0.3 is 9.88 Å². The quantitative estimate of drug-likeness (QED) is 0.744. The predicted octanol–water partition coefficient (Wildman–Crippen LogP) is 4.18. The molecule has 6 heteroatoms. The Morgan fingerprint density at radius 3 is 2.44 bits per heavy atom. The Bertz CT molecular complexity index is 1050. The number of nitrogens with one attached hydrogen (secondary N) is 1. The second kappa shape index (κ2) is 7.19. The molecule has 0 atom stereocenters. The first kappa shape index (κ1) is 19.2. The maximum atomic E-state index is 14.0. The van der Waals surface area contributed by atoms with Crippen LogP contribution in [0.5, 0.6) is 0 Å². The van der Waals surface area contributed by atoms with Crippen molar-refractivity contribution in [3.05, 3.63) is 80.6 Å². The van der Waals surface area contributed by atoms with Crippen LogP contribution in [0.4, 0.5) is 13.2 Å². The second-order valence-corrected chi connectivity index (χ2v) is 6.76. The van der Waals surface area contributed by atoms with Crippen molar-refractivity contribution in [2.45, 2.75) is 26.1 Å². The van der Waals surface area contributed by atoms with Crippen molar-refractivity contribution in [1.82, 2.24) is 9.88 Å². The number of alkyl halides is 3. The molecule has 0 saturated heterocycles. The number of fused-ring (bicyclic) bond motifs is 1. The van der Waals surface area contributed by atoms with E-state index in [0.717, 1.165) is 11.1 Å². The van der Waals surface area contributed by atoms with Crippen LogP contribution >= 0.6 is 0 Å². The molecule has 0 unspecified atom stereocenters. The summed E-state index contributed by atoms with van der Waals surface area (Å²) in [6, 6.07) is 12.0. The highest BCUT2D eigenvalue weighted by Crippen LogP contribution is 2.37. The fourth-order valence-corrected chi connectivity index (χ4v) is 3.49. The number of benzene rings is 2. The average molecular weight is 374 g/mol. The summed E-state index contributed by atoms with van der Waals surface area (Å²) in [7, 11) is 3.25. The van der Waals surface area contributed by atoms with Gasteiger partial charge in [-0.1, -0.05) is 35.9 Å². The molecule has 0 bridgehead atoms. The van der Waals surface area contributed by atoms with Crippen LogP contribution < -0.4 is 10.9 Å². The molecule has 2 aromatic carbocycles. The third-order valence-corrected chi connectivity index (χ3v) is 4.68. The molecular formula is C21H21F3N2O. The highest BCUT2D eigenvalue weighted by atomic mass is 19.4. The summed E-state index contributed by atoms with van der Waals surface area (Å²) >= 11 is 0. The van der Waals surface area contributed by atoms with Gasteiger partial charge in [0, 0.05) is 31.0 Å². The van der Waals surface area contributed by atoms with E-state index in [-0.39, 0.29) is 22.9 Å². The minimum absolute atomic E-state index is 0.0556. The van der Waals surface area contributed by atoms with E-state index in [1.54, 1.807) is 37.4 Å². The van der Waals surface area contributed by atoms with E-state index in [9.17, 15) is 18.0 Å². The van der Waals surface area contributed by atoms with E-state index in [0.29, 0.717) is 12.1 Å². The zero-order chi connectivity index (χ0) is 19.8. The maximum absolute atomic E-state index is 14.0. The van der Waals surface area contributed by atoms with Crippen molar-refractivity contribution >= 4 is 10.9 Å². The van der Waals surface area contributed by atoms with Gasteiger partial charge in [0.2, 0.25) is 0 Å². The standard InChI is InChI=1S/C21H21F3N2O/c1-13-5-4-6-14(9-13)10-17-19(21(22,23)24)16-11-15(12-25-2)7-8-18(16)26(3)20(17)27/h4-9,11,25H,10,12H2,1-3H3. The number of nitrogens with zero attached hydrogens (tertiary/aromatic N) is 1. The van der Waals surface area contributed by atoms with E-state index in [1.165, 1.54) is 17.7 Å². The summed E-state index contributed by atoms with van der Waals surface area (Å²) in [5, 5.41) is 3.00. The van der Waals surface area contributed by atoms with Crippen LogP contribution in [-0.4, -0.2) is 11.6 Å². The molecule has 0 amide bonds. The summed E-state index contributed by atoms with van der Waals surface area (Å²) in [6.45, 7) is 2.32. The number of hydrogen-bond donors (Lipinski definition) is 1. The van der Waals surface area contributed by atoms with E-state index in [4.69, 9.17) is 0 Å². The molecule has 3 aromatic rings. The third kappa shape index (κ3) is 3.76. The molecule has 3 rings (SSSR count). The largest absolute Gasteiger partial charge is 0.417 e. The van der Waals surface area contributed by atoms with Gasteiger partial charge in [-0.05, 0) is 37.2 Å². The molecule has 0 aliphatic rings. The number of aryl methyl sites for hydroxylation is 2. The molecule has 0 fully saturated rings. The van der Waals surface area contributed by atoms with Crippen molar-refractivity contribution in [2.75, 3.05) is 7.05 Å². The van der Waals surface area contributed by atoms with Crippen molar-refractivity contribution in [2.24, 2.45) is 7.05 Å². The van der Waals surface area contributed by atoms with Gasteiger partial charge in [-0.2, -0.15) is 13.2 Å². The Morgan fingerprint density at radius 1 is 1.07 bits per heavy atom. The monoisotopic (exact) mass is 374 g/mol. The lowest BCUT2D eigenvalue weighted by Gasteiger charge is -2.19. The Morgan fingerprint density at radius 2 is 1.81 bits per heavy atom.